The van der Waals surface area contributed by atoms with Crippen LogP contribution in [0.5, 0.6) is 0 Å². The van der Waals surface area contributed by atoms with Crippen molar-refractivity contribution in [2.24, 2.45) is 17.6 Å². The number of rotatable bonds is 2. The summed E-state index contributed by atoms with van der Waals surface area (Å²) in [7, 11) is 0. The van der Waals surface area contributed by atoms with Gasteiger partial charge in [-0.05, 0) is 67.7 Å². The van der Waals surface area contributed by atoms with E-state index in [1.807, 2.05) is 13.0 Å². The fourth-order valence-corrected chi connectivity index (χ4v) is 3.28. The van der Waals surface area contributed by atoms with E-state index in [2.05, 4.69) is 13.8 Å². The number of halogens is 1. The van der Waals surface area contributed by atoms with Crippen molar-refractivity contribution >= 4 is 0 Å². The third-order valence-corrected chi connectivity index (χ3v) is 4.59. The van der Waals surface area contributed by atoms with Gasteiger partial charge in [0.15, 0.2) is 0 Å². The standard InChI is InChI=1S/C16H24FN/c1-11(2)13-6-8-16(18,9-7-13)15-5-4-14(17)10-12(15)3/h4-5,10-11,13H,6-9,18H2,1-3H3. The highest BCUT2D eigenvalue weighted by atomic mass is 19.1. The number of hydrogen-bond donors (Lipinski definition) is 1. The molecule has 2 rings (SSSR count). The van der Waals surface area contributed by atoms with Crippen molar-refractivity contribution in [1.82, 2.24) is 0 Å². The van der Waals surface area contributed by atoms with Crippen LogP contribution in [0.15, 0.2) is 18.2 Å². The molecule has 0 radical (unpaired) electrons. The predicted molar refractivity (Wildman–Crippen MR) is 73.8 cm³/mol. The summed E-state index contributed by atoms with van der Waals surface area (Å²) in [5.74, 6) is 1.36. The number of benzene rings is 1. The van der Waals surface area contributed by atoms with E-state index in [0.717, 1.165) is 35.8 Å². The summed E-state index contributed by atoms with van der Waals surface area (Å²) in [5.41, 5.74) is 8.44. The van der Waals surface area contributed by atoms with Crippen LogP contribution in [-0.4, -0.2) is 0 Å². The van der Waals surface area contributed by atoms with Gasteiger partial charge >= 0.3 is 0 Å². The Morgan fingerprint density at radius 1 is 1.28 bits per heavy atom. The van der Waals surface area contributed by atoms with Crippen LogP contribution in [0.1, 0.15) is 50.7 Å². The Morgan fingerprint density at radius 2 is 1.89 bits per heavy atom. The van der Waals surface area contributed by atoms with Crippen LogP contribution in [0.2, 0.25) is 0 Å². The van der Waals surface area contributed by atoms with Crippen molar-refractivity contribution in [3.05, 3.63) is 35.1 Å². The van der Waals surface area contributed by atoms with Crippen LogP contribution in [0.4, 0.5) is 4.39 Å². The molecular formula is C16H24FN. The summed E-state index contributed by atoms with van der Waals surface area (Å²) in [6.07, 6.45) is 4.40. The lowest BCUT2D eigenvalue weighted by atomic mass is 9.70. The number of hydrogen-bond acceptors (Lipinski definition) is 1. The van der Waals surface area contributed by atoms with Crippen LogP contribution in [0.25, 0.3) is 0 Å². The maximum absolute atomic E-state index is 13.2. The summed E-state index contributed by atoms with van der Waals surface area (Å²) in [6, 6.07) is 5.00. The van der Waals surface area contributed by atoms with E-state index in [0.29, 0.717) is 0 Å². The molecule has 0 heterocycles. The quantitative estimate of drug-likeness (QED) is 0.837. The molecule has 1 aliphatic carbocycles. The van der Waals surface area contributed by atoms with E-state index in [1.165, 1.54) is 18.9 Å². The molecule has 100 valence electrons. The summed E-state index contributed by atoms with van der Waals surface area (Å²) in [5, 5.41) is 0. The highest BCUT2D eigenvalue weighted by Gasteiger charge is 2.34. The number of nitrogens with two attached hydrogens (primary N) is 1. The van der Waals surface area contributed by atoms with Crippen LogP contribution in [0.3, 0.4) is 0 Å². The van der Waals surface area contributed by atoms with Gasteiger partial charge in [0.1, 0.15) is 5.82 Å². The van der Waals surface area contributed by atoms with Gasteiger partial charge in [-0.15, -0.1) is 0 Å². The lowest BCUT2D eigenvalue weighted by Crippen LogP contribution is -2.41. The maximum atomic E-state index is 13.2. The van der Waals surface area contributed by atoms with E-state index in [4.69, 9.17) is 5.73 Å². The third kappa shape index (κ3) is 2.59. The molecule has 0 bridgehead atoms. The molecule has 1 saturated carbocycles. The van der Waals surface area contributed by atoms with E-state index >= 15 is 0 Å². The maximum Gasteiger partial charge on any atom is 0.123 e. The average Bonchev–Trinajstić information content (AvgIpc) is 2.29. The van der Waals surface area contributed by atoms with Gasteiger partial charge < -0.3 is 5.73 Å². The van der Waals surface area contributed by atoms with Gasteiger partial charge in [0.2, 0.25) is 0 Å². The lowest BCUT2D eigenvalue weighted by Gasteiger charge is -2.39. The van der Waals surface area contributed by atoms with E-state index in [-0.39, 0.29) is 11.4 Å². The zero-order valence-electron chi connectivity index (χ0n) is 11.7. The molecule has 0 aromatic heterocycles. The first-order valence-electron chi connectivity index (χ1n) is 6.98. The highest BCUT2D eigenvalue weighted by Crippen LogP contribution is 2.41. The van der Waals surface area contributed by atoms with Crippen LogP contribution < -0.4 is 5.73 Å². The molecular weight excluding hydrogens is 225 g/mol. The molecule has 0 amide bonds. The van der Waals surface area contributed by atoms with Gasteiger partial charge in [-0.2, -0.15) is 0 Å². The zero-order valence-corrected chi connectivity index (χ0v) is 11.7. The van der Waals surface area contributed by atoms with Crippen molar-refractivity contribution in [3.8, 4) is 0 Å². The van der Waals surface area contributed by atoms with Crippen LogP contribution >= 0.6 is 0 Å². The molecule has 1 aromatic rings. The van der Waals surface area contributed by atoms with Crippen molar-refractivity contribution in [3.63, 3.8) is 0 Å². The normalized spacial score (nSPS) is 28.7. The minimum Gasteiger partial charge on any atom is -0.321 e. The molecule has 0 saturated heterocycles. The summed E-state index contributed by atoms with van der Waals surface area (Å²) >= 11 is 0. The Kier molecular flexibility index (Phi) is 3.76. The Balaban J connectivity index is 2.18. The fraction of sp³-hybridized carbons (Fsp3) is 0.625. The third-order valence-electron chi connectivity index (χ3n) is 4.59. The molecule has 2 N–H and O–H groups in total. The highest BCUT2D eigenvalue weighted by molar-refractivity contribution is 5.33. The first-order valence-corrected chi connectivity index (χ1v) is 6.98. The minimum absolute atomic E-state index is 0.171. The van der Waals surface area contributed by atoms with Gasteiger partial charge in [0.25, 0.3) is 0 Å². The first kappa shape index (κ1) is 13.5. The first-order chi connectivity index (χ1) is 8.42. The largest absolute Gasteiger partial charge is 0.321 e. The minimum atomic E-state index is -0.247. The van der Waals surface area contributed by atoms with Gasteiger partial charge in [0, 0.05) is 5.54 Å². The molecule has 1 nitrogen and oxygen atoms in total. The molecule has 1 aliphatic rings. The molecule has 2 heteroatoms. The lowest BCUT2D eigenvalue weighted by molar-refractivity contribution is 0.195. The zero-order chi connectivity index (χ0) is 13.3. The Labute approximate surface area is 110 Å². The Bertz CT molecular complexity index is 417. The second-order valence-electron chi connectivity index (χ2n) is 6.20. The smallest absolute Gasteiger partial charge is 0.123 e. The molecule has 1 fully saturated rings. The van der Waals surface area contributed by atoms with Crippen molar-refractivity contribution in [1.29, 1.82) is 0 Å². The van der Waals surface area contributed by atoms with Gasteiger partial charge in [-0.25, -0.2) is 4.39 Å². The van der Waals surface area contributed by atoms with Gasteiger partial charge in [-0.3, -0.25) is 0 Å². The topological polar surface area (TPSA) is 26.0 Å². The van der Waals surface area contributed by atoms with E-state index in [9.17, 15) is 4.39 Å². The number of aryl methyl sites for hydroxylation is 1. The second kappa shape index (κ2) is 5.00. The Hall–Kier alpha value is -0.890. The van der Waals surface area contributed by atoms with Crippen molar-refractivity contribution < 1.29 is 4.39 Å². The molecule has 0 aliphatic heterocycles. The summed E-state index contributed by atoms with van der Waals surface area (Å²) in [6.45, 7) is 6.54. The summed E-state index contributed by atoms with van der Waals surface area (Å²) in [4.78, 5) is 0. The monoisotopic (exact) mass is 249 g/mol. The molecule has 0 unspecified atom stereocenters. The second-order valence-corrected chi connectivity index (χ2v) is 6.20. The SMILES string of the molecule is Cc1cc(F)ccc1C1(N)CCC(C(C)C)CC1. The van der Waals surface area contributed by atoms with Crippen molar-refractivity contribution in [2.45, 2.75) is 52.0 Å². The van der Waals surface area contributed by atoms with Gasteiger partial charge in [-0.1, -0.05) is 19.9 Å². The summed E-state index contributed by atoms with van der Waals surface area (Å²) < 4.78 is 13.2. The van der Waals surface area contributed by atoms with Crippen LogP contribution in [0, 0.1) is 24.6 Å². The Morgan fingerprint density at radius 3 is 2.39 bits per heavy atom. The van der Waals surface area contributed by atoms with Crippen molar-refractivity contribution in [2.75, 3.05) is 0 Å². The van der Waals surface area contributed by atoms with E-state index in [1.54, 1.807) is 6.07 Å². The predicted octanol–water partition coefficient (Wildman–Crippen LogP) is 4.13. The molecule has 0 atom stereocenters. The molecule has 0 spiro atoms. The van der Waals surface area contributed by atoms with Gasteiger partial charge in [0.05, 0.1) is 0 Å². The van der Waals surface area contributed by atoms with E-state index < -0.39 is 0 Å². The van der Waals surface area contributed by atoms with Crippen LogP contribution in [-0.2, 0) is 5.54 Å². The molecule has 18 heavy (non-hydrogen) atoms. The fourth-order valence-electron chi connectivity index (χ4n) is 3.28. The molecule has 1 aromatic carbocycles. The average molecular weight is 249 g/mol.